The van der Waals surface area contributed by atoms with E-state index in [0.29, 0.717) is 13.2 Å². The molecule has 1 rings (SSSR count). The molecule has 0 unspecified atom stereocenters. The fraction of sp³-hybridized carbons (Fsp3) is 0.611. The molecule has 0 saturated carbocycles. The van der Waals surface area contributed by atoms with Crippen molar-refractivity contribution in [1.82, 2.24) is 10.6 Å². The number of hydrogen-bond acceptors (Lipinski definition) is 4. The van der Waals surface area contributed by atoms with Gasteiger partial charge in [-0.3, -0.25) is 0 Å². The van der Waals surface area contributed by atoms with Crippen molar-refractivity contribution in [2.75, 3.05) is 13.7 Å². The van der Waals surface area contributed by atoms with Gasteiger partial charge in [-0.1, -0.05) is 24.3 Å². The Morgan fingerprint density at radius 2 is 1.61 bits per heavy atom. The maximum Gasteiger partial charge on any atom is 0.407 e. The molecule has 0 aliphatic rings. The van der Waals surface area contributed by atoms with Crippen LogP contribution in [0.25, 0.3) is 0 Å². The zero-order valence-electron chi connectivity index (χ0n) is 15.2. The van der Waals surface area contributed by atoms with Gasteiger partial charge in [0.25, 0.3) is 0 Å². The number of benzene rings is 1. The van der Waals surface area contributed by atoms with Crippen molar-refractivity contribution in [3.05, 3.63) is 35.4 Å². The van der Waals surface area contributed by atoms with E-state index in [2.05, 4.69) is 34.9 Å². The van der Waals surface area contributed by atoms with Crippen LogP contribution in [0.3, 0.4) is 0 Å². The van der Waals surface area contributed by atoms with Gasteiger partial charge in [-0.15, -0.1) is 0 Å². The third-order valence-corrected chi connectivity index (χ3v) is 3.18. The highest BCUT2D eigenvalue weighted by Gasteiger charge is 2.21. The van der Waals surface area contributed by atoms with Crippen LogP contribution in [-0.4, -0.2) is 30.9 Å². The molecule has 0 spiro atoms. The second-order valence-electron chi connectivity index (χ2n) is 7.34. The van der Waals surface area contributed by atoms with E-state index in [1.54, 1.807) is 7.11 Å². The van der Waals surface area contributed by atoms with E-state index in [1.807, 2.05) is 34.6 Å². The molecular formula is C18H30N2O3. The highest BCUT2D eigenvalue weighted by atomic mass is 16.6. The molecule has 0 heterocycles. The number of methoxy groups -OCH3 is 1. The summed E-state index contributed by atoms with van der Waals surface area (Å²) in [4.78, 5) is 11.7. The summed E-state index contributed by atoms with van der Waals surface area (Å²) in [6.07, 6.45) is -0.392. The molecule has 0 aromatic heterocycles. The zero-order chi connectivity index (χ0) is 17.5. The Hall–Kier alpha value is -1.59. The van der Waals surface area contributed by atoms with Gasteiger partial charge >= 0.3 is 6.09 Å². The molecule has 0 aliphatic carbocycles. The summed E-state index contributed by atoms with van der Waals surface area (Å²) in [5.74, 6) is 0. The lowest BCUT2D eigenvalue weighted by Gasteiger charge is -2.28. The van der Waals surface area contributed by atoms with Gasteiger partial charge in [0.15, 0.2) is 0 Å². The molecule has 2 N–H and O–H groups in total. The van der Waals surface area contributed by atoms with Gasteiger partial charge in [-0.05, 0) is 45.7 Å². The van der Waals surface area contributed by atoms with Crippen molar-refractivity contribution in [3.8, 4) is 0 Å². The SMILES string of the molecule is COCc1ccc(CNC(C)(C)CNC(=O)OC(C)(C)C)cc1. The predicted octanol–water partition coefficient (Wildman–Crippen LogP) is 3.23. The van der Waals surface area contributed by atoms with E-state index in [-0.39, 0.29) is 5.54 Å². The van der Waals surface area contributed by atoms with Gasteiger partial charge in [-0.25, -0.2) is 4.79 Å². The topological polar surface area (TPSA) is 59.6 Å². The number of ether oxygens (including phenoxy) is 2. The van der Waals surface area contributed by atoms with Gasteiger partial charge in [0, 0.05) is 25.7 Å². The average molecular weight is 322 g/mol. The quantitative estimate of drug-likeness (QED) is 0.809. The number of hydrogen-bond donors (Lipinski definition) is 2. The Bertz CT molecular complexity index is 490. The van der Waals surface area contributed by atoms with Crippen molar-refractivity contribution in [3.63, 3.8) is 0 Å². The minimum Gasteiger partial charge on any atom is -0.444 e. The summed E-state index contributed by atoms with van der Waals surface area (Å²) in [6.45, 7) is 11.5. The smallest absolute Gasteiger partial charge is 0.407 e. The maximum absolute atomic E-state index is 11.7. The monoisotopic (exact) mass is 322 g/mol. The maximum atomic E-state index is 11.7. The Kier molecular flexibility index (Phi) is 7.03. The standard InChI is InChI=1S/C18H30N2O3/c1-17(2,3)23-16(21)19-13-18(4,5)20-11-14-7-9-15(10-8-14)12-22-6/h7-10,20H,11-13H2,1-6H3,(H,19,21). The fourth-order valence-corrected chi connectivity index (χ4v) is 1.93. The predicted molar refractivity (Wildman–Crippen MR) is 92.3 cm³/mol. The average Bonchev–Trinajstić information content (AvgIpc) is 2.43. The van der Waals surface area contributed by atoms with Crippen molar-refractivity contribution in [2.24, 2.45) is 0 Å². The van der Waals surface area contributed by atoms with Crippen molar-refractivity contribution >= 4 is 6.09 Å². The van der Waals surface area contributed by atoms with E-state index in [1.165, 1.54) is 5.56 Å². The van der Waals surface area contributed by atoms with E-state index in [4.69, 9.17) is 9.47 Å². The highest BCUT2D eigenvalue weighted by molar-refractivity contribution is 5.67. The molecule has 1 aromatic carbocycles. The first kappa shape index (κ1) is 19.5. The van der Waals surface area contributed by atoms with Gasteiger partial charge in [0.2, 0.25) is 0 Å². The summed E-state index contributed by atoms with van der Waals surface area (Å²) < 4.78 is 10.3. The molecule has 0 saturated heterocycles. The molecule has 0 bridgehead atoms. The molecule has 1 aromatic rings. The van der Waals surface area contributed by atoms with Gasteiger partial charge in [0.1, 0.15) is 5.60 Å². The number of nitrogens with one attached hydrogen (secondary N) is 2. The van der Waals surface area contributed by atoms with Crippen LogP contribution in [0.15, 0.2) is 24.3 Å². The van der Waals surface area contributed by atoms with E-state index in [0.717, 1.165) is 12.1 Å². The second-order valence-corrected chi connectivity index (χ2v) is 7.34. The number of amides is 1. The highest BCUT2D eigenvalue weighted by Crippen LogP contribution is 2.09. The summed E-state index contributed by atoms with van der Waals surface area (Å²) in [6, 6.07) is 8.29. The summed E-state index contributed by atoms with van der Waals surface area (Å²) in [5.41, 5.74) is 1.63. The van der Waals surface area contributed by atoms with Crippen LogP contribution in [0.2, 0.25) is 0 Å². The number of alkyl carbamates (subject to hydrolysis) is 1. The summed E-state index contributed by atoms with van der Waals surface area (Å²) >= 11 is 0. The van der Waals surface area contributed by atoms with Gasteiger partial charge in [-0.2, -0.15) is 0 Å². The Balaban J connectivity index is 2.41. The summed E-state index contributed by atoms with van der Waals surface area (Å²) in [5, 5.41) is 6.24. The van der Waals surface area contributed by atoms with Crippen LogP contribution in [0.4, 0.5) is 4.79 Å². The molecule has 1 amide bonds. The molecular weight excluding hydrogens is 292 g/mol. The van der Waals surface area contributed by atoms with E-state index < -0.39 is 11.7 Å². The molecule has 0 atom stereocenters. The first-order valence-corrected chi connectivity index (χ1v) is 7.90. The number of rotatable bonds is 7. The molecule has 5 heteroatoms. The third kappa shape index (κ3) is 8.57. The normalized spacial score (nSPS) is 12.1. The third-order valence-electron chi connectivity index (χ3n) is 3.18. The van der Waals surface area contributed by atoms with Crippen LogP contribution in [0.5, 0.6) is 0 Å². The Morgan fingerprint density at radius 1 is 1.04 bits per heavy atom. The minimum atomic E-state index is -0.481. The van der Waals surface area contributed by atoms with Crippen LogP contribution in [0, 0.1) is 0 Å². The molecule has 5 nitrogen and oxygen atoms in total. The van der Waals surface area contributed by atoms with Crippen LogP contribution < -0.4 is 10.6 Å². The van der Waals surface area contributed by atoms with E-state index >= 15 is 0 Å². The number of carbonyl (C=O) groups is 1. The van der Waals surface area contributed by atoms with Crippen molar-refractivity contribution in [2.45, 2.75) is 58.9 Å². The van der Waals surface area contributed by atoms with Crippen LogP contribution in [0.1, 0.15) is 45.7 Å². The summed E-state index contributed by atoms with van der Waals surface area (Å²) in [7, 11) is 1.69. The van der Waals surface area contributed by atoms with Crippen molar-refractivity contribution < 1.29 is 14.3 Å². The van der Waals surface area contributed by atoms with E-state index in [9.17, 15) is 4.79 Å². The lowest BCUT2D eigenvalue weighted by molar-refractivity contribution is 0.0513. The molecule has 0 fully saturated rings. The van der Waals surface area contributed by atoms with Crippen LogP contribution in [-0.2, 0) is 22.6 Å². The molecule has 0 aliphatic heterocycles. The molecule has 0 radical (unpaired) electrons. The lowest BCUT2D eigenvalue weighted by Crippen LogP contribution is -2.49. The lowest BCUT2D eigenvalue weighted by atomic mass is 10.0. The molecule has 23 heavy (non-hydrogen) atoms. The van der Waals surface area contributed by atoms with Crippen molar-refractivity contribution in [1.29, 1.82) is 0 Å². The van der Waals surface area contributed by atoms with Gasteiger partial charge in [0.05, 0.1) is 6.61 Å². The zero-order valence-corrected chi connectivity index (χ0v) is 15.2. The number of carbonyl (C=O) groups excluding carboxylic acids is 1. The first-order valence-electron chi connectivity index (χ1n) is 7.90. The van der Waals surface area contributed by atoms with Crippen LogP contribution >= 0.6 is 0 Å². The Labute approximate surface area is 139 Å². The second kappa shape index (κ2) is 8.31. The largest absolute Gasteiger partial charge is 0.444 e. The van der Waals surface area contributed by atoms with Gasteiger partial charge < -0.3 is 20.1 Å². The minimum absolute atomic E-state index is 0.234. The molecule has 130 valence electrons. The Morgan fingerprint density at radius 3 is 2.13 bits per heavy atom. The fourth-order valence-electron chi connectivity index (χ4n) is 1.93. The first-order chi connectivity index (χ1) is 10.6.